The predicted molar refractivity (Wildman–Crippen MR) is 77.4 cm³/mol. The van der Waals surface area contributed by atoms with E-state index < -0.39 is 23.7 Å². The molecule has 7 nitrogen and oxygen atoms in total. The number of nitrogens with two attached hydrogens (primary N) is 1. The molecule has 8 heteroatoms. The summed E-state index contributed by atoms with van der Waals surface area (Å²) in [6.45, 7) is -0.143. The summed E-state index contributed by atoms with van der Waals surface area (Å²) in [6, 6.07) is 5.25. The molecule has 1 aromatic rings. The standard InChI is InChI=1S/C14H17FN4O3/c15-9-3-1-2-4-11(9)19-6-5-10(14(19)22)18-13(21)8-17-12(20)7-16/h1-4,10H,5-8,16H2,(H,17,20)(H,18,21). The first-order valence-corrected chi connectivity index (χ1v) is 6.85. The first-order valence-electron chi connectivity index (χ1n) is 6.85. The molecule has 0 bridgehead atoms. The molecule has 3 amide bonds. The van der Waals surface area contributed by atoms with Crippen molar-refractivity contribution in [2.45, 2.75) is 12.5 Å². The van der Waals surface area contributed by atoms with E-state index in [9.17, 15) is 18.8 Å². The smallest absolute Gasteiger partial charge is 0.249 e. The minimum atomic E-state index is -0.720. The van der Waals surface area contributed by atoms with Crippen LogP contribution >= 0.6 is 0 Å². The van der Waals surface area contributed by atoms with Crippen molar-refractivity contribution in [3.05, 3.63) is 30.1 Å². The average molecular weight is 308 g/mol. The molecule has 2 rings (SSSR count). The number of nitrogens with zero attached hydrogens (tertiary/aromatic N) is 1. The summed E-state index contributed by atoms with van der Waals surface area (Å²) in [4.78, 5) is 36.2. The van der Waals surface area contributed by atoms with Gasteiger partial charge in [0.15, 0.2) is 0 Å². The van der Waals surface area contributed by atoms with Crippen LogP contribution in [0.5, 0.6) is 0 Å². The predicted octanol–water partition coefficient (Wildman–Crippen LogP) is -0.878. The van der Waals surface area contributed by atoms with Crippen molar-refractivity contribution in [3.63, 3.8) is 0 Å². The third kappa shape index (κ3) is 3.59. The van der Waals surface area contributed by atoms with Crippen molar-refractivity contribution in [2.75, 3.05) is 24.5 Å². The van der Waals surface area contributed by atoms with Crippen LogP contribution in [0.25, 0.3) is 0 Å². The lowest BCUT2D eigenvalue weighted by Crippen LogP contribution is -2.46. The molecular formula is C14H17FN4O3. The largest absolute Gasteiger partial charge is 0.346 e. The van der Waals surface area contributed by atoms with Crippen LogP contribution in [0.3, 0.4) is 0 Å². The number of carbonyl (C=O) groups is 3. The fraction of sp³-hybridized carbons (Fsp3) is 0.357. The van der Waals surface area contributed by atoms with Gasteiger partial charge in [0.2, 0.25) is 17.7 Å². The highest BCUT2D eigenvalue weighted by atomic mass is 19.1. The van der Waals surface area contributed by atoms with Crippen molar-refractivity contribution in [2.24, 2.45) is 5.73 Å². The zero-order chi connectivity index (χ0) is 16.1. The quantitative estimate of drug-likeness (QED) is 0.657. The highest BCUT2D eigenvalue weighted by Gasteiger charge is 2.34. The molecule has 1 aliphatic rings. The molecule has 1 unspecified atom stereocenters. The first kappa shape index (κ1) is 15.9. The van der Waals surface area contributed by atoms with Crippen LogP contribution in [0, 0.1) is 5.82 Å². The Balaban J connectivity index is 1.93. The molecule has 1 aromatic carbocycles. The number of anilines is 1. The Morgan fingerprint density at radius 2 is 2.05 bits per heavy atom. The molecule has 1 fully saturated rings. The highest BCUT2D eigenvalue weighted by molar-refractivity contribution is 6.01. The maximum atomic E-state index is 13.7. The third-order valence-electron chi connectivity index (χ3n) is 3.32. The van der Waals surface area contributed by atoms with Crippen molar-refractivity contribution in [1.29, 1.82) is 0 Å². The average Bonchev–Trinajstić information content (AvgIpc) is 2.86. The minimum Gasteiger partial charge on any atom is -0.346 e. The van der Waals surface area contributed by atoms with E-state index in [1.54, 1.807) is 12.1 Å². The Hall–Kier alpha value is -2.48. The van der Waals surface area contributed by atoms with Gasteiger partial charge in [-0.1, -0.05) is 12.1 Å². The molecule has 1 aliphatic heterocycles. The number of rotatable bonds is 5. The second kappa shape index (κ2) is 6.99. The van der Waals surface area contributed by atoms with Gasteiger partial charge in [-0.25, -0.2) is 4.39 Å². The van der Waals surface area contributed by atoms with Crippen LogP contribution in [0.2, 0.25) is 0 Å². The topological polar surface area (TPSA) is 105 Å². The van der Waals surface area contributed by atoms with Gasteiger partial charge < -0.3 is 21.3 Å². The van der Waals surface area contributed by atoms with Gasteiger partial charge in [0.05, 0.1) is 18.8 Å². The monoisotopic (exact) mass is 308 g/mol. The van der Waals surface area contributed by atoms with E-state index >= 15 is 0 Å². The Morgan fingerprint density at radius 3 is 2.73 bits per heavy atom. The van der Waals surface area contributed by atoms with E-state index in [-0.39, 0.29) is 24.7 Å². The number of carbonyl (C=O) groups excluding carboxylic acids is 3. The number of para-hydroxylation sites is 1. The maximum absolute atomic E-state index is 13.7. The van der Waals surface area contributed by atoms with Crippen LogP contribution in [0.15, 0.2) is 24.3 Å². The van der Waals surface area contributed by atoms with Crippen LogP contribution in [-0.2, 0) is 14.4 Å². The number of benzene rings is 1. The van der Waals surface area contributed by atoms with Gasteiger partial charge in [0.25, 0.3) is 0 Å². The highest BCUT2D eigenvalue weighted by Crippen LogP contribution is 2.24. The maximum Gasteiger partial charge on any atom is 0.249 e. The molecule has 1 heterocycles. The van der Waals surface area contributed by atoms with E-state index in [2.05, 4.69) is 10.6 Å². The Morgan fingerprint density at radius 1 is 1.32 bits per heavy atom. The summed E-state index contributed by atoms with van der Waals surface area (Å²) in [5.41, 5.74) is 5.30. The van der Waals surface area contributed by atoms with Gasteiger partial charge in [-0.3, -0.25) is 14.4 Å². The number of hydrogen-bond acceptors (Lipinski definition) is 4. The number of amides is 3. The molecule has 0 spiro atoms. The normalized spacial score (nSPS) is 17.5. The lowest BCUT2D eigenvalue weighted by atomic mass is 10.2. The zero-order valence-corrected chi connectivity index (χ0v) is 11.8. The fourth-order valence-electron chi connectivity index (χ4n) is 2.22. The SMILES string of the molecule is NCC(=O)NCC(=O)NC1CCN(c2ccccc2F)C1=O. The van der Waals surface area contributed by atoms with Crippen molar-refractivity contribution < 1.29 is 18.8 Å². The molecule has 0 aliphatic carbocycles. The van der Waals surface area contributed by atoms with Crippen LogP contribution in [0.4, 0.5) is 10.1 Å². The molecule has 0 aromatic heterocycles. The van der Waals surface area contributed by atoms with Gasteiger partial charge in [0.1, 0.15) is 11.9 Å². The summed E-state index contributed by atoms with van der Waals surface area (Å²) >= 11 is 0. The van der Waals surface area contributed by atoms with Gasteiger partial charge in [-0.2, -0.15) is 0 Å². The Bertz CT molecular complexity index is 593. The molecule has 4 N–H and O–H groups in total. The molecule has 118 valence electrons. The van der Waals surface area contributed by atoms with Crippen LogP contribution in [0.1, 0.15) is 6.42 Å². The Kier molecular flexibility index (Phi) is 5.05. The van der Waals surface area contributed by atoms with E-state index in [1.165, 1.54) is 17.0 Å². The summed E-state index contributed by atoms with van der Waals surface area (Å²) in [7, 11) is 0. The van der Waals surface area contributed by atoms with Gasteiger partial charge in [-0.05, 0) is 18.6 Å². The zero-order valence-electron chi connectivity index (χ0n) is 11.8. The fourth-order valence-corrected chi connectivity index (χ4v) is 2.22. The van der Waals surface area contributed by atoms with Crippen LogP contribution < -0.4 is 21.3 Å². The van der Waals surface area contributed by atoms with Crippen molar-refractivity contribution >= 4 is 23.4 Å². The first-order chi connectivity index (χ1) is 10.5. The summed E-state index contributed by atoms with van der Waals surface area (Å²) < 4.78 is 13.7. The molecule has 0 saturated carbocycles. The van der Waals surface area contributed by atoms with Gasteiger partial charge >= 0.3 is 0 Å². The number of halogens is 1. The van der Waals surface area contributed by atoms with Crippen molar-refractivity contribution in [1.82, 2.24) is 10.6 Å². The van der Waals surface area contributed by atoms with Gasteiger partial charge in [0, 0.05) is 6.54 Å². The molecular weight excluding hydrogens is 291 g/mol. The van der Waals surface area contributed by atoms with E-state index in [0.29, 0.717) is 13.0 Å². The molecule has 1 saturated heterocycles. The van der Waals surface area contributed by atoms with E-state index in [1.807, 2.05) is 0 Å². The van der Waals surface area contributed by atoms with Crippen LogP contribution in [-0.4, -0.2) is 43.4 Å². The minimum absolute atomic E-state index is 0.195. The summed E-state index contributed by atoms with van der Waals surface area (Å²) in [5.74, 6) is -1.81. The molecule has 1 atom stereocenters. The Labute approximate surface area is 126 Å². The van der Waals surface area contributed by atoms with Gasteiger partial charge in [-0.15, -0.1) is 0 Å². The van der Waals surface area contributed by atoms with E-state index in [0.717, 1.165) is 0 Å². The summed E-state index contributed by atoms with van der Waals surface area (Å²) in [6.07, 6.45) is 0.379. The number of hydrogen-bond donors (Lipinski definition) is 3. The second-order valence-electron chi connectivity index (χ2n) is 4.83. The summed E-state index contributed by atoms with van der Waals surface area (Å²) in [5, 5.41) is 4.83. The lowest BCUT2D eigenvalue weighted by Gasteiger charge is -2.17. The number of nitrogens with one attached hydrogen (secondary N) is 2. The molecule has 0 radical (unpaired) electrons. The van der Waals surface area contributed by atoms with E-state index in [4.69, 9.17) is 5.73 Å². The second-order valence-corrected chi connectivity index (χ2v) is 4.83. The third-order valence-corrected chi connectivity index (χ3v) is 3.32. The van der Waals surface area contributed by atoms with Crippen molar-refractivity contribution in [3.8, 4) is 0 Å². The lowest BCUT2D eigenvalue weighted by molar-refractivity contribution is -0.127. The molecule has 22 heavy (non-hydrogen) atoms.